The first-order valence-corrected chi connectivity index (χ1v) is 10.9. The lowest BCUT2D eigenvalue weighted by atomic mass is 10.1. The molecule has 0 unspecified atom stereocenters. The second-order valence-corrected chi connectivity index (χ2v) is 7.92. The molecule has 3 aromatic rings. The van der Waals surface area contributed by atoms with Gasteiger partial charge in [-0.2, -0.15) is 0 Å². The molecule has 0 spiro atoms. The largest absolute Gasteiger partial charge is 0.497 e. The van der Waals surface area contributed by atoms with Gasteiger partial charge in [-0.3, -0.25) is 4.79 Å². The summed E-state index contributed by atoms with van der Waals surface area (Å²) in [6.07, 6.45) is 0.903. The van der Waals surface area contributed by atoms with Crippen LogP contribution in [-0.4, -0.2) is 49.3 Å². The summed E-state index contributed by atoms with van der Waals surface area (Å²) in [5.74, 6) is 2.15. The van der Waals surface area contributed by atoms with Crippen molar-refractivity contribution in [2.75, 3.05) is 38.2 Å². The van der Waals surface area contributed by atoms with Crippen molar-refractivity contribution in [3.63, 3.8) is 0 Å². The van der Waals surface area contributed by atoms with Crippen molar-refractivity contribution in [3.05, 3.63) is 71.1 Å². The molecule has 7 nitrogen and oxygen atoms in total. The van der Waals surface area contributed by atoms with E-state index in [1.165, 1.54) is 0 Å². The molecule has 1 fully saturated rings. The SMILES string of the molecule is COc1ccc(N2CCCN(C(=O)c3ccccc3OCc3c(C)noc3C)CC2)cc1. The highest BCUT2D eigenvalue weighted by molar-refractivity contribution is 5.97. The average molecular weight is 436 g/mol. The number of nitrogens with zero attached hydrogens (tertiary/aromatic N) is 3. The van der Waals surface area contributed by atoms with Crippen LogP contribution in [0.25, 0.3) is 0 Å². The average Bonchev–Trinajstić information content (AvgIpc) is 3.01. The van der Waals surface area contributed by atoms with Crippen molar-refractivity contribution >= 4 is 11.6 Å². The molecule has 1 amide bonds. The molecule has 0 aliphatic carbocycles. The van der Waals surface area contributed by atoms with Crippen LogP contribution in [-0.2, 0) is 6.61 Å². The van der Waals surface area contributed by atoms with Gasteiger partial charge in [0.05, 0.1) is 23.9 Å². The molecule has 0 atom stereocenters. The third kappa shape index (κ3) is 4.72. The van der Waals surface area contributed by atoms with Crippen molar-refractivity contribution in [1.29, 1.82) is 0 Å². The minimum atomic E-state index is -0.00376. The number of amides is 1. The number of anilines is 1. The molecule has 0 radical (unpaired) electrons. The zero-order valence-electron chi connectivity index (χ0n) is 18.8. The Hall–Kier alpha value is -3.48. The molecule has 7 heteroatoms. The van der Waals surface area contributed by atoms with Crippen molar-refractivity contribution in [3.8, 4) is 11.5 Å². The van der Waals surface area contributed by atoms with E-state index in [1.807, 2.05) is 55.1 Å². The normalized spacial score (nSPS) is 14.2. The van der Waals surface area contributed by atoms with Gasteiger partial charge in [0.2, 0.25) is 0 Å². The van der Waals surface area contributed by atoms with Gasteiger partial charge in [-0.25, -0.2) is 0 Å². The number of rotatable bonds is 6. The summed E-state index contributed by atoms with van der Waals surface area (Å²) in [5, 5.41) is 3.97. The van der Waals surface area contributed by atoms with E-state index in [-0.39, 0.29) is 5.91 Å². The molecule has 32 heavy (non-hydrogen) atoms. The van der Waals surface area contributed by atoms with Crippen LogP contribution in [0.2, 0.25) is 0 Å². The minimum Gasteiger partial charge on any atom is -0.497 e. The van der Waals surface area contributed by atoms with Gasteiger partial charge in [0, 0.05) is 31.9 Å². The molecular weight excluding hydrogens is 406 g/mol. The predicted molar refractivity (Wildman–Crippen MR) is 122 cm³/mol. The molecule has 1 aliphatic rings. The molecule has 2 aromatic carbocycles. The molecule has 1 aromatic heterocycles. The number of carbonyl (C=O) groups excluding carboxylic acids is 1. The summed E-state index contributed by atoms with van der Waals surface area (Å²) in [4.78, 5) is 17.6. The van der Waals surface area contributed by atoms with Gasteiger partial charge < -0.3 is 23.8 Å². The van der Waals surface area contributed by atoms with Crippen LogP contribution < -0.4 is 14.4 Å². The Labute approximate surface area is 188 Å². The number of methoxy groups -OCH3 is 1. The number of para-hydroxylation sites is 1. The van der Waals surface area contributed by atoms with E-state index in [0.29, 0.717) is 31.0 Å². The highest BCUT2D eigenvalue weighted by Crippen LogP contribution is 2.25. The highest BCUT2D eigenvalue weighted by atomic mass is 16.5. The standard InChI is InChI=1S/C25H29N3O4/c1-18-23(19(2)32-26-18)17-31-24-8-5-4-7-22(24)25(29)28-14-6-13-27(15-16-28)20-9-11-21(30-3)12-10-20/h4-5,7-12H,6,13-17H2,1-3H3. The van der Waals surface area contributed by atoms with Crippen LogP contribution in [0.5, 0.6) is 11.5 Å². The van der Waals surface area contributed by atoms with E-state index < -0.39 is 0 Å². The zero-order valence-corrected chi connectivity index (χ0v) is 18.8. The van der Waals surface area contributed by atoms with Crippen LogP contribution in [0.4, 0.5) is 5.69 Å². The summed E-state index contributed by atoms with van der Waals surface area (Å²) in [6.45, 7) is 7.11. The monoisotopic (exact) mass is 435 g/mol. The number of hydrogen-bond acceptors (Lipinski definition) is 6. The van der Waals surface area contributed by atoms with Gasteiger partial charge >= 0.3 is 0 Å². The van der Waals surface area contributed by atoms with Gasteiger partial charge in [-0.15, -0.1) is 0 Å². The number of hydrogen-bond donors (Lipinski definition) is 0. The molecular formula is C25H29N3O4. The van der Waals surface area contributed by atoms with Crippen molar-refractivity contribution in [1.82, 2.24) is 10.1 Å². The fraction of sp³-hybridized carbons (Fsp3) is 0.360. The smallest absolute Gasteiger partial charge is 0.257 e. The lowest BCUT2D eigenvalue weighted by Crippen LogP contribution is -2.35. The summed E-state index contributed by atoms with van der Waals surface area (Å²) >= 11 is 0. The summed E-state index contributed by atoms with van der Waals surface area (Å²) in [5.41, 5.74) is 3.44. The van der Waals surface area contributed by atoms with Crippen molar-refractivity contribution < 1.29 is 18.8 Å². The highest BCUT2D eigenvalue weighted by Gasteiger charge is 2.23. The van der Waals surface area contributed by atoms with E-state index in [9.17, 15) is 4.79 Å². The Bertz CT molecular complexity index is 1040. The summed E-state index contributed by atoms with van der Waals surface area (Å²) in [7, 11) is 1.67. The van der Waals surface area contributed by atoms with Gasteiger partial charge in [0.25, 0.3) is 5.91 Å². The minimum absolute atomic E-state index is 0.00376. The molecule has 2 heterocycles. The Kier molecular flexibility index (Phi) is 6.63. The maximum atomic E-state index is 13.4. The molecule has 4 rings (SSSR count). The van der Waals surface area contributed by atoms with E-state index in [1.54, 1.807) is 7.11 Å². The van der Waals surface area contributed by atoms with Crippen LogP contribution in [0.1, 0.15) is 33.8 Å². The van der Waals surface area contributed by atoms with Gasteiger partial charge in [-0.05, 0) is 56.7 Å². The fourth-order valence-electron chi connectivity index (χ4n) is 3.97. The topological polar surface area (TPSA) is 68.0 Å². The quantitative estimate of drug-likeness (QED) is 0.577. The lowest BCUT2D eigenvalue weighted by Gasteiger charge is -2.24. The van der Waals surface area contributed by atoms with Crippen LogP contribution in [0.3, 0.4) is 0 Å². The number of aromatic nitrogens is 1. The summed E-state index contributed by atoms with van der Waals surface area (Å²) in [6, 6.07) is 15.5. The van der Waals surface area contributed by atoms with E-state index in [4.69, 9.17) is 14.0 Å². The van der Waals surface area contributed by atoms with Crippen molar-refractivity contribution in [2.45, 2.75) is 26.9 Å². The molecule has 0 N–H and O–H groups in total. The zero-order chi connectivity index (χ0) is 22.5. The maximum absolute atomic E-state index is 13.4. The van der Waals surface area contributed by atoms with Crippen LogP contribution in [0.15, 0.2) is 53.1 Å². The molecule has 1 saturated heterocycles. The number of ether oxygens (including phenoxy) is 2. The van der Waals surface area contributed by atoms with E-state index in [0.717, 1.165) is 48.0 Å². The Morgan fingerprint density at radius 3 is 2.53 bits per heavy atom. The third-order valence-corrected chi connectivity index (χ3v) is 5.89. The second kappa shape index (κ2) is 9.77. The maximum Gasteiger partial charge on any atom is 0.257 e. The number of benzene rings is 2. The molecule has 1 aliphatic heterocycles. The first-order chi connectivity index (χ1) is 15.6. The van der Waals surface area contributed by atoms with Gasteiger partial charge in [0.1, 0.15) is 23.9 Å². The van der Waals surface area contributed by atoms with Crippen LogP contribution >= 0.6 is 0 Å². The fourth-order valence-corrected chi connectivity index (χ4v) is 3.97. The molecule has 168 valence electrons. The van der Waals surface area contributed by atoms with Crippen LogP contribution in [0, 0.1) is 13.8 Å². The number of aryl methyl sites for hydroxylation is 2. The first kappa shape index (κ1) is 21.7. The van der Waals surface area contributed by atoms with Gasteiger partial charge in [-0.1, -0.05) is 17.3 Å². The third-order valence-electron chi connectivity index (χ3n) is 5.89. The Morgan fingerprint density at radius 1 is 1.03 bits per heavy atom. The Balaban J connectivity index is 1.44. The lowest BCUT2D eigenvalue weighted by molar-refractivity contribution is 0.0762. The van der Waals surface area contributed by atoms with E-state index >= 15 is 0 Å². The van der Waals surface area contributed by atoms with Crippen molar-refractivity contribution in [2.24, 2.45) is 0 Å². The van der Waals surface area contributed by atoms with E-state index in [2.05, 4.69) is 22.2 Å². The predicted octanol–water partition coefficient (Wildman–Crippen LogP) is 4.23. The summed E-state index contributed by atoms with van der Waals surface area (Å²) < 4.78 is 16.5. The second-order valence-electron chi connectivity index (χ2n) is 7.92. The Morgan fingerprint density at radius 2 is 1.81 bits per heavy atom. The molecule has 0 bridgehead atoms. The molecule has 0 saturated carbocycles. The van der Waals surface area contributed by atoms with Gasteiger partial charge in [0.15, 0.2) is 0 Å². The first-order valence-electron chi connectivity index (χ1n) is 10.9. The number of carbonyl (C=O) groups is 1.